The second kappa shape index (κ2) is 9.61. The first kappa shape index (κ1) is 18.7. The number of carbonyl (C=O) groups excluding carboxylic acids is 2. The van der Waals surface area contributed by atoms with Crippen LogP contribution in [0.25, 0.3) is 0 Å². The van der Waals surface area contributed by atoms with E-state index < -0.39 is 11.5 Å². The van der Waals surface area contributed by atoms with Gasteiger partial charge in [-0.25, -0.2) is 4.79 Å². The summed E-state index contributed by atoms with van der Waals surface area (Å²) in [5, 5.41) is 2.55. The van der Waals surface area contributed by atoms with Crippen molar-refractivity contribution in [3.63, 3.8) is 0 Å². The van der Waals surface area contributed by atoms with E-state index in [1.165, 1.54) is 0 Å². The lowest BCUT2D eigenvalue weighted by molar-refractivity contribution is -0.158. The van der Waals surface area contributed by atoms with Crippen LogP contribution in [-0.4, -0.2) is 31.8 Å². The van der Waals surface area contributed by atoms with Crippen LogP contribution in [0.5, 0.6) is 0 Å². The number of rotatable bonds is 9. The lowest BCUT2D eigenvalue weighted by Gasteiger charge is -2.30. The average Bonchev–Trinajstić information content (AvgIpc) is 2.40. The molecule has 0 aromatic heterocycles. The average molecular weight is 287 g/mol. The molecule has 0 heterocycles. The molecule has 0 saturated carbocycles. The zero-order valence-corrected chi connectivity index (χ0v) is 13.5. The molecule has 1 amide bonds. The SMILES string of the molecule is CCCOC(=O)NCCOC(=O)C(C)(CCC)C(C)C. The lowest BCUT2D eigenvalue weighted by atomic mass is 9.75. The Labute approximate surface area is 122 Å². The summed E-state index contributed by atoms with van der Waals surface area (Å²) >= 11 is 0. The third-order valence-corrected chi connectivity index (χ3v) is 3.55. The predicted octanol–water partition coefficient (Wildman–Crippen LogP) is 3.13. The van der Waals surface area contributed by atoms with E-state index >= 15 is 0 Å². The Hall–Kier alpha value is -1.26. The van der Waals surface area contributed by atoms with Crippen LogP contribution in [0.15, 0.2) is 0 Å². The van der Waals surface area contributed by atoms with Crippen molar-refractivity contribution in [1.82, 2.24) is 5.32 Å². The van der Waals surface area contributed by atoms with Gasteiger partial charge < -0.3 is 14.8 Å². The Kier molecular flexibility index (Phi) is 9.01. The molecule has 0 aromatic rings. The third kappa shape index (κ3) is 6.26. The van der Waals surface area contributed by atoms with Gasteiger partial charge in [-0.15, -0.1) is 0 Å². The third-order valence-electron chi connectivity index (χ3n) is 3.55. The van der Waals surface area contributed by atoms with E-state index in [9.17, 15) is 9.59 Å². The second-order valence-electron chi connectivity index (χ2n) is 5.52. The van der Waals surface area contributed by atoms with E-state index in [1.807, 2.05) is 27.7 Å². The standard InChI is InChI=1S/C15H29NO4/c1-6-8-15(5,12(3)4)13(17)19-11-9-16-14(18)20-10-7-2/h12H,6-11H2,1-5H3,(H,16,18). The highest BCUT2D eigenvalue weighted by atomic mass is 16.6. The van der Waals surface area contributed by atoms with Crippen molar-refractivity contribution < 1.29 is 19.1 Å². The van der Waals surface area contributed by atoms with Crippen molar-refractivity contribution in [2.24, 2.45) is 11.3 Å². The Morgan fingerprint density at radius 3 is 2.25 bits per heavy atom. The van der Waals surface area contributed by atoms with Gasteiger partial charge in [-0.2, -0.15) is 0 Å². The van der Waals surface area contributed by atoms with Crippen LogP contribution in [0, 0.1) is 11.3 Å². The van der Waals surface area contributed by atoms with E-state index in [-0.39, 0.29) is 25.0 Å². The molecule has 0 fully saturated rings. The second-order valence-corrected chi connectivity index (χ2v) is 5.52. The van der Waals surface area contributed by atoms with E-state index in [2.05, 4.69) is 12.2 Å². The van der Waals surface area contributed by atoms with Crippen LogP contribution in [0.3, 0.4) is 0 Å². The molecule has 0 aromatic carbocycles. The van der Waals surface area contributed by atoms with Crippen LogP contribution in [0.4, 0.5) is 4.79 Å². The number of carbonyl (C=O) groups is 2. The molecule has 0 aliphatic carbocycles. The highest BCUT2D eigenvalue weighted by molar-refractivity contribution is 5.76. The smallest absolute Gasteiger partial charge is 0.407 e. The number of amides is 1. The van der Waals surface area contributed by atoms with Gasteiger partial charge in [-0.05, 0) is 25.7 Å². The Balaban J connectivity index is 4.05. The van der Waals surface area contributed by atoms with Crippen LogP contribution < -0.4 is 5.32 Å². The molecule has 118 valence electrons. The number of alkyl carbamates (subject to hydrolysis) is 1. The van der Waals surface area contributed by atoms with Crippen molar-refractivity contribution in [1.29, 1.82) is 0 Å². The zero-order valence-electron chi connectivity index (χ0n) is 13.5. The van der Waals surface area contributed by atoms with Crippen LogP contribution in [-0.2, 0) is 14.3 Å². The van der Waals surface area contributed by atoms with E-state index in [0.29, 0.717) is 6.61 Å². The molecule has 1 atom stereocenters. The van der Waals surface area contributed by atoms with Crippen molar-refractivity contribution in [3.05, 3.63) is 0 Å². The minimum absolute atomic E-state index is 0.173. The molecule has 0 saturated heterocycles. The maximum atomic E-state index is 12.1. The van der Waals surface area contributed by atoms with Crippen molar-refractivity contribution in [2.45, 2.75) is 53.9 Å². The highest BCUT2D eigenvalue weighted by Gasteiger charge is 2.37. The highest BCUT2D eigenvalue weighted by Crippen LogP contribution is 2.33. The van der Waals surface area contributed by atoms with Crippen LogP contribution in [0.2, 0.25) is 0 Å². The Morgan fingerprint density at radius 1 is 1.10 bits per heavy atom. The van der Waals surface area contributed by atoms with Crippen molar-refractivity contribution >= 4 is 12.1 Å². The molecule has 0 rings (SSSR count). The fourth-order valence-electron chi connectivity index (χ4n) is 1.85. The summed E-state index contributed by atoms with van der Waals surface area (Å²) in [7, 11) is 0. The van der Waals surface area contributed by atoms with Gasteiger partial charge in [-0.3, -0.25) is 4.79 Å². The number of hydrogen-bond donors (Lipinski definition) is 1. The topological polar surface area (TPSA) is 64.6 Å². The van der Waals surface area contributed by atoms with Crippen molar-refractivity contribution in [3.8, 4) is 0 Å². The Bertz CT molecular complexity index is 304. The molecule has 0 aliphatic rings. The predicted molar refractivity (Wildman–Crippen MR) is 78.5 cm³/mol. The summed E-state index contributed by atoms with van der Waals surface area (Å²) in [5.41, 5.74) is -0.461. The number of esters is 1. The minimum atomic E-state index is -0.469. The summed E-state index contributed by atoms with van der Waals surface area (Å²) in [5.74, 6) is 0.0236. The molecule has 5 nitrogen and oxygen atoms in total. The Morgan fingerprint density at radius 2 is 1.75 bits per heavy atom. The first-order valence-electron chi connectivity index (χ1n) is 7.46. The minimum Gasteiger partial charge on any atom is -0.463 e. The molecule has 0 bridgehead atoms. The molecule has 0 aliphatic heterocycles. The van der Waals surface area contributed by atoms with Crippen molar-refractivity contribution in [2.75, 3.05) is 19.8 Å². The summed E-state index contributed by atoms with van der Waals surface area (Å²) in [6.07, 6.45) is 2.05. The van der Waals surface area contributed by atoms with Gasteiger partial charge in [0.1, 0.15) is 6.61 Å². The van der Waals surface area contributed by atoms with E-state index in [0.717, 1.165) is 19.3 Å². The fourth-order valence-corrected chi connectivity index (χ4v) is 1.85. The molecule has 20 heavy (non-hydrogen) atoms. The van der Waals surface area contributed by atoms with Crippen LogP contribution >= 0.6 is 0 Å². The summed E-state index contributed by atoms with van der Waals surface area (Å²) in [6, 6.07) is 0. The first-order valence-corrected chi connectivity index (χ1v) is 7.46. The quantitative estimate of drug-likeness (QED) is 0.522. The van der Waals surface area contributed by atoms with Gasteiger partial charge in [0.25, 0.3) is 0 Å². The van der Waals surface area contributed by atoms with E-state index in [4.69, 9.17) is 9.47 Å². The maximum Gasteiger partial charge on any atom is 0.407 e. The molecule has 5 heteroatoms. The summed E-state index contributed by atoms with van der Waals surface area (Å²) in [4.78, 5) is 23.3. The van der Waals surface area contributed by atoms with Gasteiger partial charge in [0, 0.05) is 0 Å². The molecular weight excluding hydrogens is 258 g/mol. The van der Waals surface area contributed by atoms with Gasteiger partial charge in [0.05, 0.1) is 18.6 Å². The largest absolute Gasteiger partial charge is 0.463 e. The molecular formula is C15H29NO4. The monoisotopic (exact) mass is 287 g/mol. The summed E-state index contributed by atoms with van der Waals surface area (Å²) < 4.78 is 10.1. The number of ether oxygens (including phenoxy) is 2. The summed E-state index contributed by atoms with van der Waals surface area (Å²) in [6.45, 7) is 10.8. The molecule has 1 N–H and O–H groups in total. The fraction of sp³-hybridized carbons (Fsp3) is 0.867. The lowest BCUT2D eigenvalue weighted by Crippen LogP contribution is -2.37. The van der Waals surface area contributed by atoms with Gasteiger partial charge >= 0.3 is 12.1 Å². The first-order chi connectivity index (χ1) is 9.38. The van der Waals surface area contributed by atoms with Crippen LogP contribution in [0.1, 0.15) is 53.9 Å². The van der Waals surface area contributed by atoms with Gasteiger partial charge in [0.15, 0.2) is 0 Å². The normalized spacial score (nSPS) is 13.7. The maximum absolute atomic E-state index is 12.1. The van der Waals surface area contributed by atoms with Gasteiger partial charge in [0.2, 0.25) is 0 Å². The molecule has 0 radical (unpaired) electrons. The molecule has 0 spiro atoms. The zero-order chi connectivity index (χ0) is 15.6. The number of hydrogen-bond acceptors (Lipinski definition) is 4. The van der Waals surface area contributed by atoms with Gasteiger partial charge in [-0.1, -0.05) is 34.1 Å². The number of nitrogens with one attached hydrogen (secondary N) is 1. The van der Waals surface area contributed by atoms with E-state index in [1.54, 1.807) is 0 Å². The molecule has 1 unspecified atom stereocenters.